The van der Waals surface area contributed by atoms with E-state index < -0.39 is 0 Å². The Morgan fingerprint density at radius 2 is 1.94 bits per heavy atom. The first-order valence-electron chi connectivity index (χ1n) is 5.65. The minimum absolute atomic E-state index is 0.527. The van der Waals surface area contributed by atoms with Crippen LogP contribution in [0.2, 0.25) is 5.15 Å². The van der Waals surface area contributed by atoms with Crippen molar-refractivity contribution in [2.24, 2.45) is 0 Å². The second-order valence-electron chi connectivity index (χ2n) is 3.96. The van der Waals surface area contributed by atoms with Crippen molar-refractivity contribution >= 4 is 33.5 Å². The SMILES string of the molecule is CCN(CC)c1nc(Cl)c(Br)c(C2CC2)n1. The maximum absolute atomic E-state index is 6.12. The van der Waals surface area contributed by atoms with Crippen molar-refractivity contribution in [3.63, 3.8) is 0 Å². The summed E-state index contributed by atoms with van der Waals surface area (Å²) in [5, 5.41) is 0.527. The Labute approximate surface area is 109 Å². The van der Waals surface area contributed by atoms with E-state index in [4.69, 9.17) is 11.6 Å². The van der Waals surface area contributed by atoms with Gasteiger partial charge in [-0.3, -0.25) is 0 Å². The molecule has 0 aromatic carbocycles. The molecule has 1 aliphatic carbocycles. The van der Waals surface area contributed by atoms with Gasteiger partial charge in [0.15, 0.2) is 0 Å². The minimum Gasteiger partial charge on any atom is -0.341 e. The van der Waals surface area contributed by atoms with Crippen LogP contribution in [0.3, 0.4) is 0 Å². The zero-order valence-electron chi connectivity index (χ0n) is 9.50. The van der Waals surface area contributed by atoms with Crippen LogP contribution in [-0.2, 0) is 0 Å². The summed E-state index contributed by atoms with van der Waals surface area (Å²) in [6.07, 6.45) is 2.42. The molecule has 1 aromatic heterocycles. The van der Waals surface area contributed by atoms with Gasteiger partial charge in [0.2, 0.25) is 5.95 Å². The lowest BCUT2D eigenvalue weighted by Gasteiger charge is -2.19. The van der Waals surface area contributed by atoms with Crippen LogP contribution < -0.4 is 4.90 Å². The average Bonchev–Trinajstić information content (AvgIpc) is 3.08. The molecule has 2 rings (SSSR count). The first-order valence-corrected chi connectivity index (χ1v) is 6.82. The fourth-order valence-electron chi connectivity index (χ4n) is 1.70. The highest BCUT2D eigenvalue weighted by Gasteiger charge is 2.29. The van der Waals surface area contributed by atoms with E-state index in [0.717, 1.165) is 29.2 Å². The van der Waals surface area contributed by atoms with Crippen LogP contribution in [0.5, 0.6) is 0 Å². The largest absolute Gasteiger partial charge is 0.341 e. The summed E-state index contributed by atoms with van der Waals surface area (Å²) in [6.45, 7) is 6.00. The molecule has 0 bridgehead atoms. The van der Waals surface area contributed by atoms with Crippen molar-refractivity contribution in [2.45, 2.75) is 32.6 Å². The summed E-state index contributed by atoms with van der Waals surface area (Å²) in [6, 6.07) is 0. The van der Waals surface area contributed by atoms with E-state index in [9.17, 15) is 0 Å². The van der Waals surface area contributed by atoms with Gasteiger partial charge in [0.25, 0.3) is 0 Å². The molecule has 1 saturated carbocycles. The van der Waals surface area contributed by atoms with Gasteiger partial charge in [-0.25, -0.2) is 4.98 Å². The third-order valence-corrected chi connectivity index (χ3v) is 4.12. The summed E-state index contributed by atoms with van der Waals surface area (Å²) in [7, 11) is 0. The number of halogens is 2. The Bertz CT molecular complexity index is 389. The zero-order valence-corrected chi connectivity index (χ0v) is 11.8. The molecule has 0 atom stereocenters. The smallest absolute Gasteiger partial charge is 0.227 e. The molecule has 88 valence electrons. The quantitative estimate of drug-likeness (QED) is 0.796. The molecule has 3 nitrogen and oxygen atoms in total. The lowest BCUT2D eigenvalue weighted by molar-refractivity contribution is 0.806. The van der Waals surface area contributed by atoms with Crippen LogP contribution in [0.25, 0.3) is 0 Å². The number of rotatable bonds is 4. The summed E-state index contributed by atoms with van der Waals surface area (Å²) in [4.78, 5) is 11.1. The minimum atomic E-state index is 0.527. The topological polar surface area (TPSA) is 29.0 Å². The van der Waals surface area contributed by atoms with Crippen molar-refractivity contribution in [1.82, 2.24) is 9.97 Å². The van der Waals surface area contributed by atoms with Crippen LogP contribution >= 0.6 is 27.5 Å². The van der Waals surface area contributed by atoms with Crippen molar-refractivity contribution in [3.05, 3.63) is 15.3 Å². The Hall–Kier alpha value is -0.350. The standard InChI is InChI=1S/C11H15BrClN3/c1-3-16(4-2)11-14-9(7-5-6-7)8(12)10(13)15-11/h7H,3-6H2,1-2H3. The predicted molar refractivity (Wildman–Crippen MR) is 70.3 cm³/mol. The molecule has 1 aromatic rings. The molecular weight excluding hydrogens is 289 g/mol. The van der Waals surface area contributed by atoms with Gasteiger partial charge >= 0.3 is 0 Å². The van der Waals surface area contributed by atoms with Crippen LogP contribution in [0.4, 0.5) is 5.95 Å². The first-order chi connectivity index (χ1) is 7.67. The molecular formula is C11H15BrClN3. The second-order valence-corrected chi connectivity index (χ2v) is 5.11. The van der Waals surface area contributed by atoms with Crippen LogP contribution in [0, 0.1) is 0 Å². The van der Waals surface area contributed by atoms with Crippen molar-refractivity contribution in [1.29, 1.82) is 0 Å². The van der Waals surface area contributed by atoms with E-state index in [1.807, 2.05) is 0 Å². The summed E-state index contributed by atoms with van der Waals surface area (Å²) in [5.74, 6) is 1.32. The highest BCUT2D eigenvalue weighted by atomic mass is 79.9. The summed E-state index contributed by atoms with van der Waals surface area (Å²) in [5.41, 5.74) is 1.07. The Balaban J connectivity index is 2.39. The lowest BCUT2D eigenvalue weighted by atomic mass is 10.3. The van der Waals surface area contributed by atoms with Gasteiger partial charge in [-0.15, -0.1) is 0 Å². The molecule has 5 heteroatoms. The highest BCUT2D eigenvalue weighted by Crippen LogP contribution is 2.44. The monoisotopic (exact) mass is 303 g/mol. The molecule has 1 heterocycles. The normalized spacial score (nSPS) is 15.2. The van der Waals surface area contributed by atoms with Crippen molar-refractivity contribution in [2.75, 3.05) is 18.0 Å². The van der Waals surface area contributed by atoms with Gasteiger partial charge in [0.1, 0.15) is 5.15 Å². The molecule has 0 amide bonds. The molecule has 0 unspecified atom stereocenters. The van der Waals surface area contributed by atoms with Gasteiger partial charge < -0.3 is 4.90 Å². The van der Waals surface area contributed by atoms with E-state index in [1.54, 1.807) is 0 Å². The fourth-order valence-corrected chi connectivity index (χ4v) is 2.37. The number of aromatic nitrogens is 2. The van der Waals surface area contributed by atoms with Crippen LogP contribution in [-0.4, -0.2) is 23.1 Å². The van der Waals surface area contributed by atoms with Crippen molar-refractivity contribution < 1.29 is 0 Å². The molecule has 0 N–H and O–H groups in total. The lowest BCUT2D eigenvalue weighted by Crippen LogP contribution is -2.24. The van der Waals surface area contributed by atoms with Crippen LogP contribution in [0.15, 0.2) is 4.47 Å². The van der Waals surface area contributed by atoms with E-state index in [0.29, 0.717) is 11.1 Å². The Kier molecular flexibility index (Phi) is 3.70. The molecule has 0 radical (unpaired) electrons. The van der Waals surface area contributed by atoms with E-state index in [-0.39, 0.29) is 0 Å². The molecule has 16 heavy (non-hydrogen) atoms. The maximum Gasteiger partial charge on any atom is 0.227 e. The van der Waals surface area contributed by atoms with E-state index in [2.05, 4.69) is 44.6 Å². The van der Waals surface area contributed by atoms with Gasteiger partial charge in [-0.1, -0.05) is 11.6 Å². The molecule has 1 fully saturated rings. The third kappa shape index (κ3) is 2.33. The Morgan fingerprint density at radius 3 is 2.44 bits per heavy atom. The number of hydrogen-bond donors (Lipinski definition) is 0. The summed E-state index contributed by atoms with van der Waals surface area (Å²) < 4.78 is 0.868. The highest BCUT2D eigenvalue weighted by molar-refractivity contribution is 9.10. The molecule has 1 aliphatic rings. The van der Waals surface area contributed by atoms with Gasteiger partial charge in [0.05, 0.1) is 10.2 Å². The molecule has 0 spiro atoms. The maximum atomic E-state index is 6.12. The van der Waals surface area contributed by atoms with E-state index >= 15 is 0 Å². The number of anilines is 1. The van der Waals surface area contributed by atoms with Gasteiger partial charge in [0, 0.05) is 19.0 Å². The Morgan fingerprint density at radius 1 is 1.31 bits per heavy atom. The number of nitrogens with zero attached hydrogens (tertiary/aromatic N) is 3. The van der Waals surface area contributed by atoms with Crippen LogP contribution in [0.1, 0.15) is 38.3 Å². The van der Waals surface area contributed by atoms with Gasteiger partial charge in [-0.2, -0.15) is 4.98 Å². The third-order valence-electron chi connectivity index (χ3n) is 2.83. The second kappa shape index (κ2) is 4.88. The van der Waals surface area contributed by atoms with E-state index in [1.165, 1.54) is 12.8 Å². The molecule has 0 saturated heterocycles. The fraction of sp³-hybridized carbons (Fsp3) is 0.636. The zero-order chi connectivity index (χ0) is 11.7. The predicted octanol–water partition coefficient (Wildman–Crippen LogP) is 3.62. The first kappa shape index (κ1) is 12.1. The number of hydrogen-bond acceptors (Lipinski definition) is 3. The summed E-state index contributed by atoms with van der Waals surface area (Å²) >= 11 is 9.60. The van der Waals surface area contributed by atoms with Crippen molar-refractivity contribution in [3.8, 4) is 0 Å². The average molecular weight is 305 g/mol. The van der Waals surface area contributed by atoms with Gasteiger partial charge in [-0.05, 0) is 42.6 Å². The molecule has 0 aliphatic heterocycles.